The molecule has 3 aromatic carbocycles. The van der Waals surface area contributed by atoms with Gasteiger partial charge in [-0.2, -0.15) is 4.31 Å². The lowest BCUT2D eigenvalue weighted by atomic mass is 10.2. The van der Waals surface area contributed by atoms with E-state index >= 15 is 0 Å². The number of carbonyl (C=O) groups is 1. The third-order valence-electron chi connectivity index (χ3n) is 5.78. The summed E-state index contributed by atoms with van der Waals surface area (Å²) < 4.78 is 26.9. The molecule has 1 saturated heterocycles. The zero-order valence-corrected chi connectivity index (χ0v) is 20.6. The number of anilines is 1. The molecule has 5 rings (SSSR count). The van der Waals surface area contributed by atoms with Crippen LogP contribution in [0.1, 0.15) is 12.8 Å². The molecule has 7 nitrogen and oxygen atoms in total. The van der Waals surface area contributed by atoms with Gasteiger partial charge in [0.1, 0.15) is 5.03 Å². The van der Waals surface area contributed by atoms with E-state index in [0.717, 1.165) is 34.3 Å². The van der Waals surface area contributed by atoms with Crippen molar-refractivity contribution in [3.63, 3.8) is 0 Å². The highest BCUT2D eigenvalue weighted by Gasteiger charge is 2.27. The minimum atomic E-state index is -3.48. The van der Waals surface area contributed by atoms with Gasteiger partial charge in [0, 0.05) is 29.7 Å². The molecular formula is C26H24N4O3S2. The number of benzene rings is 3. The normalized spacial score (nSPS) is 14.3. The standard InChI is InChI=1S/C26H24N4O3S2/c31-24(27-20-12-14-21(15-13-20)35(32,33)30-16-6-7-17-30)18-34-26-22-10-4-5-11-23(22)28-25(29-26)19-8-2-1-3-9-19/h1-5,8-15H,6-7,16-18H2,(H,27,31). The highest BCUT2D eigenvalue weighted by Crippen LogP contribution is 2.29. The summed E-state index contributed by atoms with van der Waals surface area (Å²) >= 11 is 1.34. The Hall–Kier alpha value is -3.27. The molecule has 0 saturated carbocycles. The van der Waals surface area contributed by atoms with Crippen molar-refractivity contribution >= 4 is 44.3 Å². The average Bonchev–Trinajstić information content (AvgIpc) is 3.44. The minimum absolute atomic E-state index is 0.156. The number of aromatic nitrogens is 2. The van der Waals surface area contributed by atoms with Gasteiger partial charge >= 0.3 is 0 Å². The van der Waals surface area contributed by atoms with Crippen molar-refractivity contribution in [3.05, 3.63) is 78.9 Å². The molecule has 0 unspecified atom stereocenters. The lowest BCUT2D eigenvalue weighted by molar-refractivity contribution is -0.113. The van der Waals surface area contributed by atoms with Crippen LogP contribution < -0.4 is 5.32 Å². The van der Waals surface area contributed by atoms with E-state index in [1.54, 1.807) is 24.3 Å². The zero-order chi connectivity index (χ0) is 24.3. The lowest BCUT2D eigenvalue weighted by Gasteiger charge is -2.15. The van der Waals surface area contributed by atoms with Gasteiger partial charge in [0.15, 0.2) is 5.82 Å². The van der Waals surface area contributed by atoms with E-state index < -0.39 is 10.0 Å². The Kier molecular flexibility index (Phi) is 6.81. The molecule has 4 aromatic rings. The summed E-state index contributed by atoms with van der Waals surface area (Å²) in [5, 5.41) is 4.47. The maximum atomic E-state index is 12.7. The van der Waals surface area contributed by atoms with Gasteiger partial charge in [-0.3, -0.25) is 4.79 Å². The summed E-state index contributed by atoms with van der Waals surface area (Å²) in [5.41, 5.74) is 2.28. The van der Waals surface area contributed by atoms with Gasteiger partial charge < -0.3 is 5.32 Å². The van der Waals surface area contributed by atoms with Gasteiger partial charge in [-0.05, 0) is 43.2 Å². The summed E-state index contributed by atoms with van der Waals surface area (Å²) in [6.45, 7) is 1.11. The minimum Gasteiger partial charge on any atom is -0.325 e. The smallest absolute Gasteiger partial charge is 0.243 e. The van der Waals surface area contributed by atoms with Crippen LogP contribution in [-0.2, 0) is 14.8 Å². The maximum absolute atomic E-state index is 12.7. The summed E-state index contributed by atoms with van der Waals surface area (Å²) in [4.78, 5) is 22.3. The zero-order valence-electron chi connectivity index (χ0n) is 18.9. The Bertz CT molecular complexity index is 1450. The van der Waals surface area contributed by atoms with E-state index in [2.05, 4.69) is 10.3 Å². The van der Waals surface area contributed by atoms with Crippen molar-refractivity contribution in [1.29, 1.82) is 0 Å². The first-order valence-electron chi connectivity index (χ1n) is 11.4. The van der Waals surface area contributed by atoms with Crippen LogP contribution in [0.4, 0.5) is 5.69 Å². The molecule has 1 amide bonds. The van der Waals surface area contributed by atoms with Crippen LogP contribution >= 0.6 is 11.8 Å². The Morgan fingerprint density at radius 1 is 0.886 bits per heavy atom. The fourth-order valence-corrected chi connectivity index (χ4v) is 6.33. The number of nitrogens with one attached hydrogen (secondary N) is 1. The third kappa shape index (κ3) is 5.22. The molecule has 9 heteroatoms. The Morgan fingerprint density at radius 3 is 2.31 bits per heavy atom. The van der Waals surface area contributed by atoms with Crippen LogP contribution in [0.3, 0.4) is 0 Å². The average molecular weight is 505 g/mol. The first-order chi connectivity index (χ1) is 17.0. The van der Waals surface area contributed by atoms with E-state index in [1.165, 1.54) is 16.1 Å². The number of amides is 1. The second kappa shape index (κ2) is 10.2. The summed E-state index contributed by atoms with van der Waals surface area (Å²) in [5.74, 6) is 0.569. The maximum Gasteiger partial charge on any atom is 0.243 e. The number of carbonyl (C=O) groups excluding carboxylic acids is 1. The summed E-state index contributed by atoms with van der Waals surface area (Å²) in [7, 11) is -3.48. The molecule has 1 fully saturated rings. The van der Waals surface area contributed by atoms with Crippen molar-refractivity contribution in [2.75, 3.05) is 24.2 Å². The Morgan fingerprint density at radius 2 is 1.57 bits per heavy atom. The second-order valence-corrected chi connectivity index (χ2v) is 11.1. The molecule has 0 spiro atoms. The molecule has 0 bridgehead atoms. The van der Waals surface area contributed by atoms with Gasteiger partial charge in [-0.25, -0.2) is 18.4 Å². The van der Waals surface area contributed by atoms with Crippen molar-refractivity contribution < 1.29 is 13.2 Å². The van der Waals surface area contributed by atoms with E-state index in [-0.39, 0.29) is 16.6 Å². The number of rotatable bonds is 7. The third-order valence-corrected chi connectivity index (χ3v) is 8.69. The molecule has 0 radical (unpaired) electrons. The molecule has 1 aromatic heterocycles. The lowest BCUT2D eigenvalue weighted by Crippen LogP contribution is -2.27. The molecule has 35 heavy (non-hydrogen) atoms. The fourth-order valence-electron chi connectivity index (χ4n) is 3.99. The largest absolute Gasteiger partial charge is 0.325 e. The molecule has 1 aliphatic rings. The molecule has 0 atom stereocenters. The van der Waals surface area contributed by atoms with Gasteiger partial charge in [0.2, 0.25) is 15.9 Å². The van der Waals surface area contributed by atoms with E-state index in [1.807, 2.05) is 54.6 Å². The Balaban J connectivity index is 1.29. The van der Waals surface area contributed by atoms with Crippen molar-refractivity contribution in [1.82, 2.24) is 14.3 Å². The van der Waals surface area contributed by atoms with Crippen molar-refractivity contribution in [3.8, 4) is 11.4 Å². The molecule has 1 aliphatic heterocycles. The number of para-hydroxylation sites is 1. The summed E-state index contributed by atoms with van der Waals surface area (Å²) in [6.07, 6.45) is 1.78. The number of fused-ring (bicyclic) bond motifs is 1. The second-order valence-electron chi connectivity index (χ2n) is 8.21. The van der Waals surface area contributed by atoms with E-state index in [0.29, 0.717) is 24.6 Å². The van der Waals surface area contributed by atoms with Crippen LogP contribution in [0.2, 0.25) is 0 Å². The molecule has 2 heterocycles. The number of sulfonamides is 1. The van der Waals surface area contributed by atoms with E-state index in [4.69, 9.17) is 4.98 Å². The van der Waals surface area contributed by atoms with Crippen molar-refractivity contribution in [2.45, 2.75) is 22.8 Å². The quantitative estimate of drug-likeness (QED) is 0.287. The number of thioether (sulfide) groups is 1. The first-order valence-corrected chi connectivity index (χ1v) is 13.8. The van der Waals surface area contributed by atoms with Gasteiger partial charge in [0.25, 0.3) is 0 Å². The van der Waals surface area contributed by atoms with Crippen LogP contribution in [0.15, 0.2) is 88.8 Å². The van der Waals surface area contributed by atoms with Gasteiger partial charge in [-0.1, -0.05) is 60.3 Å². The van der Waals surface area contributed by atoms with Crippen LogP contribution in [0, 0.1) is 0 Å². The van der Waals surface area contributed by atoms with Crippen LogP contribution in [0.5, 0.6) is 0 Å². The van der Waals surface area contributed by atoms with Gasteiger partial charge in [0.05, 0.1) is 16.2 Å². The number of hydrogen-bond acceptors (Lipinski definition) is 6. The Labute approximate surface area is 208 Å². The highest BCUT2D eigenvalue weighted by molar-refractivity contribution is 8.00. The number of nitrogens with zero attached hydrogens (tertiary/aromatic N) is 3. The van der Waals surface area contributed by atoms with Crippen molar-refractivity contribution in [2.24, 2.45) is 0 Å². The predicted molar refractivity (Wildman–Crippen MR) is 139 cm³/mol. The topological polar surface area (TPSA) is 92.3 Å². The van der Waals surface area contributed by atoms with Crippen LogP contribution in [0.25, 0.3) is 22.3 Å². The predicted octanol–water partition coefficient (Wildman–Crippen LogP) is 4.81. The molecule has 178 valence electrons. The first kappa shape index (κ1) is 23.5. The highest BCUT2D eigenvalue weighted by atomic mass is 32.2. The van der Waals surface area contributed by atoms with E-state index in [9.17, 15) is 13.2 Å². The molecular weight excluding hydrogens is 480 g/mol. The molecule has 0 aliphatic carbocycles. The summed E-state index contributed by atoms with van der Waals surface area (Å²) in [6, 6.07) is 23.8. The fraction of sp³-hybridized carbons (Fsp3) is 0.192. The van der Waals surface area contributed by atoms with Crippen LogP contribution in [-0.4, -0.2) is 47.4 Å². The monoisotopic (exact) mass is 504 g/mol. The SMILES string of the molecule is O=C(CSc1nc(-c2ccccc2)nc2ccccc12)Nc1ccc(S(=O)(=O)N2CCCC2)cc1. The number of hydrogen-bond donors (Lipinski definition) is 1. The van der Waals surface area contributed by atoms with Gasteiger partial charge in [-0.15, -0.1) is 0 Å². The molecule has 1 N–H and O–H groups in total.